The van der Waals surface area contributed by atoms with Crippen molar-refractivity contribution in [3.8, 4) is 0 Å². The number of ketones is 1. The zero-order chi connectivity index (χ0) is 10.9. The van der Waals surface area contributed by atoms with Crippen molar-refractivity contribution in [1.82, 2.24) is 4.98 Å². The monoisotopic (exact) mass is 225 g/mol. The summed E-state index contributed by atoms with van der Waals surface area (Å²) in [6.45, 7) is 0. The average molecular weight is 225 g/mol. The highest BCUT2D eigenvalue weighted by Gasteiger charge is 2.37. The quantitative estimate of drug-likeness (QED) is 0.700. The molecule has 0 bridgehead atoms. The number of nitrogens with zero attached hydrogens (tertiary/aromatic N) is 1. The Morgan fingerprint density at radius 3 is 2.80 bits per heavy atom. The normalized spacial score (nSPS) is 23.9. The predicted molar refractivity (Wildman–Crippen MR) is 55.4 cm³/mol. The summed E-state index contributed by atoms with van der Waals surface area (Å²) in [4.78, 5) is 15.7. The van der Waals surface area contributed by atoms with Crippen molar-refractivity contribution in [1.29, 1.82) is 0 Å². The first-order valence-corrected chi connectivity index (χ1v) is 6.48. The maximum absolute atomic E-state index is 11.8. The molecule has 1 fully saturated rings. The second-order valence-corrected chi connectivity index (χ2v) is 5.91. The lowest BCUT2D eigenvalue weighted by Crippen LogP contribution is -2.26. The summed E-state index contributed by atoms with van der Waals surface area (Å²) in [6, 6.07) is 3.23. The number of sulfone groups is 1. The Morgan fingerprint density at radius 1 is 1.47 bits per heavy atom. The maximum atomic E-state index is 11.8. The van der Waals surface area contributed by atoms with Crippen molar-refractivity contribution in [3.05, 3.63) is 30.1 Å². The third-order valence-electron chi connectivity index (χ3n) is 2.57. The van der Waals surface area contributed by atoms with Gasteiger partial charge in [0.1, 0.15) is 5.25 Å². The van der Waals surface area contributed by atoms with E-state index >= 15 is 0 Å². The predicted octanol–water partition coefficient (Wildman–Crippen LogP) is 0.841. The number of pyridine rings is 1. The molecule has 1 atom stereocenters. The molecular formula is C10H11NO3S. The molecule has 2 heterocycles. The molecule has 2 rings (SSSR count). The SMILES string of the molecule is O=C(c1cccnc1)C1CCCS1(=O)=O. The Labute approximate surface area is 88.3 Å². The van der Waals surface area contributed by atoms with Crippen molar-refractivity contribution in [3.63, 3.8) is 0 Å². The minimum Gasteiger partial charge on any atom is -0.293 e. The van der Waals surface area contributed by atoms with E-state index in [9.17, 15) is 13.2 Å². The van der Waals surface area contributed by atoms with E-state index in [1.54, 1.807) is 18.3 Å². The van der Waals surface area contributed by atoms with Gasteiger partial charge in [0.05, 0.1) is 5.75 Å². The fourth-order valence-corrected chi connectivity index (χ4v) is 3.62. The van der Waals surface area contributed by atoms with E-state index in [0.717, 1.165) is 0 Å². The molecule has 1 unspecified atom stereocenters. The number of carbonyl (C=O) groups excluding carboxylic acids is 1. The largest absolute Gasteiger partial charge is 0.293 e. The van der Waals surface area contributed by atoms with E-state index in [1.165, 1.54) is 6.20 Å². The van der Waals surface area contributed by atoms with Gasteiger partial charge in [-0.05, 0) is 25.0 Å². The molecule has 0 N–H and O–H groups in total. The number of hydrogen-bond donors (Lipinski definition) is 0. The Morgan fingerprint density at radius 2 is 2.27 bits per heavy atom. The molecule has 0 amide bonds. The fraction of sp³-hybridized carbons (Fsp3) is 0.400. The van der Waals surface area contributed by atoms with Crippen molar-refractivity contribution < 1.29 is 13.2 Å². The fourth-order valence-electron chi connectivity index (χ4n) is 1.78. The average Bonchev–Trinajstić information content (AvgIpc) is 2.58. The van der Waals surface area contributed by atoms with Crippen LogP contribution < -0.4 is 0 Å². The van der Waals surface area contributed by atoms with Crippen LogP contribution in [-0.4, -0.2) is 30.2 Å². The third-order valence-corrected chi connectivity index (χ3v) is 4.74. The first-order valence-electron chi connectivity index (χ1n) is 4.77. The molecule has 1 aliphatic heterocycles. The standard InChI is InChI=1S/C10H11NO3S/c12-10(8-3-1-5-11-7-8)9-4-2-6-15(9,13)14/h1,3,5,7,9H,2,4,6H2. The molecule has 80 valence electrons. The van der Waals surface area contributed by atoms with E-state index in [-0.39, 0.29) is 11.5 Å². The van der Waals surface area contributed by atoms with Gasteiger partial charge in [0.25, 0.3) is 0 Å². The molecular weight excluding hydrogens is 214 g/mol. The first-order chi connectivity index (χ1) is 7.11. The van der Waals surface area contributed by atoms with E-state index in [4.69, 9.17) is 0 Å². The molecule has 1 aromatic heterocycles. The highest BCUT2D eigenvalue weighted by molar-refractivity contribution is 7.93. The van der Waals surface area contributed by atoms with Crippen LogP contribution in [0.4, 0.5) is 0 Å². The number of rotatable bonds is 2. The summed E-state index contributed by atoms with van der Waals surface area (Å²) in [7, 11) is -3.21. The van der Waals surface area contributed by atoms with Crippen LogP contribution in [0, 0.1) is 0 Å². The van der Waals surface area contributed by atoms with Gasteiger partial charge in [-0.3, -0.25) is 9.78 Å². The Bertz CT molecular complexity index is 467. The van der Waals surface area contributed by atoms with Crippen LogP contribution >= 0.6 is 0 Å². The molecule has 1 aliphatic rings. The van der Waals surface area contributed by atoms with Crippen LogP contribution in [0.25, 0.3) is 0 Å². The number of hydrogen-bond acceptors (Lipinski definition) is 4. The van der Waals surface area contributed by atoms with Crippen molar-refractivity contribution in [2.45, 2.75) is 18.1 Å². The van der Waals surface area contributed by atoms with E-state index in [2.05, 4.69) is 4.98 Å². The molecule has 0 saturated carbocycles. The zero-order valence-electron chi connectivity index (χ0n) is 8.09. The van der Waals surface area contributed by atoms with Crippen molar-refractivity contribution >= 4 is 15.6 Å². The second-order valence-electron chi connectivity index (χ2n) is 3.60. The molecule has 15 heavy (non-hydrogen) atoms. The Kier molecular flexibility index (Phi) is 2.56. The number of aromatic nitrogens is 1. The lowest BCUT2D eigenvalue weighted by atomic mass is 10.1. The highest BCUT2D eigenvalue weighted by Crippen LogP contribution is 2.23. The van der Waals surface area contributed by atoms with Crippen LogP contribution in [0.5, 0.6) is 0 Å². The summed E-state index contributed by atoms with van der Waals surface area (Å²) in [6.07, 6.45) is 3.99. The van der Waals surface area contributed by atoms with Crippen LogP contribution in [0.3, 0.4) is 0 Å². The van der Waals surface area contributed by atoms with Gasteiger partial charge in [-0.15, -0.1) is 0 Å². The highest BCUT2D eigenvalue weighted by atomic mass is 32.2. The van der Waals surface area contributed by atoms with Crippen molar-refractivity contribution in [2.75, 3.05) is 5.75 Å². The molecule has 0 spiro atoms. The van der Waals surface area contributed by atoms with Gasteiger partial charge in [-0.1, -0.05) is 0 Å². The lowest BCUT2D eigenvalue weighted by molar-refractivity contribution is 0.0986. The van der Waals surface area contributed by atoms with Gasteiger partial charge in [0.2, 0.25) is 0 Å². The molecule has 0 aromatic carbocycles. The summed E-state index contributed by atoms with van der Waals surface area (Å²) in [5.74, 6) is -0.190. The molecule has 5 heteroatoms. The lowest BCUT2D eigenvalue weighted by Gasteiger charge is -2.07. The summed E-state index contributed by atoms with van der Waals surface area (Å²) in [5, 5.41) is -0.846. The van der Waals surface area contributed by atoms with E-state index in [1.807, 2.05) is 0 Å². The Hall–Kier alpha value is -1.23. The van der Waals surface area contributed by atoms with Gasteiger partial charge in [0.15, 0.2) is 15.6 Å². The summed E-state index contributed by atoms with van der Waals surface area (Å²) in [5.41, 5.74) is 0.382. The maximum Gasteiger partial charge on any atom is 0.182 e. The molecule has 0 radical (unpaired) electrons. The zero-order valence-corrected chi connectivity index (χ0v) is 8.90. The minimum atomic E-state index is -3.21. The van der Waals surface area contributed by atoms with Crippen molar-refractivity contribution in [2.24, 2.45) is 0 Å². The molecule has 1 saturated heterocycles. The second kappa shape index (κ2) is 3.73. The van der Waals surface area contributed by atoms with Crippen LogP contribution in [0.1, 0.15) is 23.2 Å². The van der Waals surface area contributed by atoms with Gasteiger partial charge in [0, 0.05) is 18.0 Å². The summed E-state index contributed by atoms with van der Waals surface area (Å²) >= 11 is 0. The van der Waals surface area contributed by atoms with Gasteiger partial charge < -0.3 is 0 Å². The van der Waals surface area contributed by atoms with Crippen LogP contribution in [-0.2, 0) is 9.84 Å². The molecule has 0 aliphatic carbocycles. The number of carbonyl (C=O) groups is 1. The first kappa shape index (κ1) is 10.3. The minimum absolute atomic E-state index is 0.129. The van der Waals surface area contributed by atoms with Crippen LogP contribution in [0.15, 0.2) is 24.5 Å². The van der Waals surface area contributed by atoms with Gasteiger partial charge >= 0.3 is 0 Å². The summed E-state index contributed by atoms with van der Waals surface area (Å²) < 4.78 is 23.1. The van der Waals surface area contributed by atoms with Gasteiger partial charge in [-0.2, -0.15) is 0 Å². The van der Waals surface area contributed by atoms with Gasteiger partial charge in [-0.25, -0.2) is 8.42 Å². The molecule has 4 nitrogen and oxygen atoms in total. The van der Waals surface area contributed by atoms with Crippen LogP contribution in [0.2, 0.25) is 0 Å². The van der Waals surface area contributed by atoms with E-state index < -0.39 is 15.1 Å². The topological polar surface area (TPSA) is 64.1 Å². The smallest absolute Gasteiger partial charge is 0.182 e. The third kappa shape index (κ3) is 1.92. The molecule has 1 aromatic rings. The Balaban J connectivity index is 2.30. The number of Topliss-reactive ketones (excluding diaryl/α,β-unsaturated/α-hetero) is 1. The van der Waals surface area contributed by atoms with E-state index in [0.29, 0.717) is 18.4 Å².